The second-order valence-corrected chi connectivity index (χ2v) is 4.84. The van der Waals surface area contributed by atoms with E-state index in [1.165, 1.54) is 0 Å². The standard InChI is InChI=1S/C12H17BrO3/c1-7(14)9(3)16-12-5-4-10(13)6-11(12)8(2)15/h4-9,14-15H,1-3H3/t7?,8-,9?/m0/s1. The lowest BCUT2D eigenvalue weighted by molar-refractivity contribution is 0.0577. The first-order chi connectivity index (χ1) is 7.41. The van der Waals surface area contributed by atoms with Crippen molar-refractivity contribution in [1.29, 1.82) is 0 Å². The van der Waals surface area contributed by atoms with E-state index in [9.17, 15) is 10.2 Å². The number of benzene rings is 1. The van der Waals surface area contributed by atoms with Crippen molar-refractivity contribution < 1.29 is 14.9 Å². The molecule has 0 bridgehead atoms. The summed E-state index contributed by atoms with van der Waals surface area (Å²) in [6, 6.07) is 5.44. The molecule has 3 atom stereocenters. The average molecular weight is 289 g/mol. The zero-order chi connectivity index (χ0) is 12.3. The second-order valence-electron chi connectivity index (χ2n) is 3.92. The zero-order valence-electron chi connectivity index (χ0n) is 9.64. The van der Waals surface area contributed by atoms with E-state index in [0.29, 0.717) is 11.3 Å². The van der Waals surface area contributed by atoms with Crippen LogP contribution in [0.25, 0.3) is 0 Å². The number of halogens is 1. The van der Waals surface area contributed by atoms with E-state index >= 15 is 0 Å². The van der Waals surface area contributed by atoms with Crippen LogP contribution in [0.3, 0.4) is 0 Å². The van der Waals surface area contributed by atoms with Gasteiger partial charge in [0, 0.05) is 10.0 Å². The molecule has 2 N–H and O–H groups in total. The van der Waals surface area contributed by atoms with E-state index in [2.05, 4.69) is 15.9 Å². The lowest BCUT2D eigenvalue weighted by Crippen LogP contribution is -2.26. The van der Waals surface area contributed by atoms with Gasteiger partial charge < -0.3 is 14.9 Å². The Morgan fingerprint density at radius 2 is 1.81 bits per heavy atom. The summed E-state index contributed by atoms with van der Waals surface area (Å²) in [7, 11) is 0. The molecule has 0 fully saturated rings. The fourth-order valence-corrected chi connectivity index (χ4v) is 1.63. The monoisotopic (exact) mass is 288 g/mol. The van der Waals surface area contributed by atoms with Crippen LogP contribution in [0.1, 0.15) is 32.4 Å². The Labute approximate surface area is 104 Å². The van der Waals surface area contributed by atoms with Crippen LogP contribution in [0.2, 0.25) is 0 Å². The Hall–Kier alpha value is -0.580. The van der Waals surface area contributed by atoms with Gasteiger partial charge in [0.15, 0.2) is 0 Å². The van der Waals surface area contributed by atoms with Crippen LogP contribution in [0.5, 0.6) is 5.75 Å². The molecule has 16 heavy (non-hydrogen) atoms. The van der Waals surface area contributed by atoms with Gasteiger partial charge in [-0.15, -0.1) is 0 Å². The van der Waals surface area contributed by atoms with Crippen LogP contribution in [0.15, 0.2) is 22.7 Å². The molecule has 0 radical (unpaired) electrons. The molecule has 0 saturated heterocycles. The van der Waals surface area contributed by atoms with Crippen LogP contribution < -0.4 is 4.74 Å². The predicted octanol–water partition coefficient (Wildman–Crippen LogP) is 2.65. The van der Waals surface area contributed by atoms with Crippen LogP contribution >= 0.6 is 15.9 Å². The minimum Gasteiger partial charge on any atom is -0.488 e. The summed E-state index contributed by atoms with van der Waals surface area (Å²) in [6.45, 7) is 5.14. The van der Waals surface area contributed by atoms with Gasteiger partial charge in [-0.1, -0.05) is 15.9 Å². The van der Waals surface area contributed by atoms with E-state index in [1.807, 2.05) is 12.1 Å². The van der Waals surface area contributed by atoms with E-state index < -0.39 is 12.2 Å². The third kappa shape index (κ3) is 3.47. The molecule has 4 heteroatoms. The first-order valence-electron chi connectivity index (χ1n) is 5.24. The lowest BCUT2D eigenvalue weighted by atomic mass is 10.1. The van der Waals surface area contributed by atoms with Crippen LogP contribution in [-0.2, 0) is 0 Å². The van der Waals surface area contributed by atoms with E-state index in [1.54, 1.807) is 26.8 Å². The highest BCUT2D eigenvalue weighted by atomic mass is 79.9. The number of rotatable bonds is 4. The molecule has 1 aromatic carbocycles. The fourth-order valence-electron chi connectivity index (χ4n) is 1.25. The molecule has 0 aromatic heterocycles. The summed E-state index contributed by atoms with van der Waals surface area (Å²) < 4.78 is 6.48. The summed E-state index contributed by atoms with van der Waals surface area (Å²) in [5.41, 5.74) is 0.710. The summed E-state index contributed by atoms with van der Waals surface area (Å²) in [5.74, 6) is 0.603. The normalized spacial score (nSPS) is 16.6. The highest BCUT2D eigenvalue weighted by Crippen LogP contribution is 2.29. The van der Waals surface area contributed by atoms with Crippen molar-refractivity contribution in [2.24, 2.45) is 0 Å². The minimum atomic E-state index is -0.603. The average Bonchev–Trinajstić information content (AvgIpc) is 2.20. The Kier molecular flexibility index (Phi) is 4.77. The van der Waals surface area contributed by atoms with E-state index in [-0.39, 0.29) is 6.10 Å². The maximum Gasteiger partial charge on any atom is 0.125 e. The van der Waals surface area contributed by atoms with Gasteiger partial charge in [0.05, 0.1) is 12.2 Å². The third-order valence-electron chi connectivity index (χ3n) is 2.41. The van der Waals surface area contributed by atoms with Crippen molar-refractivity contribution >= 4 is 15.9 Å². The molecule has 0 aliphatic carbocycles. The molecular formula is C12H17BrO3. The smallest absolute Gasteiger partial charge is 0.125 e. The van der Waals surface area contributed by atoms with Crippen molar-refractivity contribution in [3.63, 3.8) is 0 Å². The molecule has 1 rings (SSSR count). The Morgan fingerprint density at radius 1 is 1.19 bits per heavy atom. The van der Waals surface area contributed by atoms with Gasteiger partial charge in [-0.2, -0.15) is 0 Å². The van der Waals surface area contributed by atoms with Gasteiger partial charge in [-0.25, -0.2) is 0 Å². The molecule has 0 aliphatic heterocycles. The van der Waals surface area contributed by atoms with Crippen molar-refractivity contribution in [2.45, 2.75) is 39.1 Å². The molecule has 0 spiro atoms. The van der Waals surface area contributed by atoms with Crippen molar-refractivity contribution in [2.75, 3.05) is 0 Å². The number of aliphatic hydroxyl groups excluding tert-OH is 2. The van der Waals surface area contributed by atoms with Gasteiger partial charge >= 0.3 is 0 Å². The van der Waals surface area contributed by atoms with Crippen molar-refractivity contribution in [1.82, 2.24) is 0 Å². The number of hydrogen-bond acceptors (Lipinski definition) is 3. The summed E-state index contributed by atoms with van der Waals surface area (Å²) in [5, 5.41) is 19.0. The molecular weight excluding hydrogens is 272 g/mol. The Morgan fingerprint density at radius 3 is 2.31 bits per heavy atom. The molecule has 0 saturated carbocycles. The molecule has 0 amide bonds. The molecule has 2 unspecified atom stereocenters. The van der Waals surface area contributed by atoms with Gasteiger partial charge in [-0.05, 0) is 39.0 Å². The highest BCUT2D eigenvalue weighted by Gasteiger charge is 2.15. The highest BCUT2D eigenvalue weighted by molar-refractivity contribution is 9.10. The topological polar surface area (TPSA) is 49.7 Å². The van der Waals surface area contributed by atoms with Gasteiger partial charge in [0.25, 0.3) is 0 Å². The predicted molar refractivity (Wildman–Crippen MR) is 66.5 cm³/mol. The minimum absolute atomic E-state index is 0.307. The summed E-state index contributed by atoms with van der Waals surface area (Å²) in [4.78, 5) is 0. The largest absolute Gasteiger partial charge is 0.488 e. The lowest BCUT2D eigenvalue weighted by Gasteiger charge is -2.20. The molecule has 1 aromatic rings. The Balaban J connectivity index is 2.95. The summed E-state index contributed by atoms with van der Waals surface area (Å²) >= 11 is 3.34. The summed E-state index contributed by atoms with van der Waals surface area (Å²) in [6.07, 6.45) is -1.46. The SMILES string of the molecule is CC(O)C(C)Oc1ccc(Br)cc1[C@H](C)O. The first-order valence-corrected chi connectivity index (χ1v) is 6.03. The van der Waals surface area contributed by atoms with Gasteiger partial charge in [0.2, 0.25) is 0 Å². The van der Waals surface area contributed by atoms with E-state index in [4.69, 9.17) is 4.74 Å². The number of hydrogen-bond donors (Lipinski definition) is 2. The first kappa shape index (κ1) is 13.5. The quantitative estimate of drug-likeness (QED) is 0.896. The molecule has 3 nitrogen and oxygen atoms in total. The number of aliphatic hydroxyl groups is 2. The van der Waals surface area contributed by atoms with E-state index in [0.717, 1.165) is 4.47 Å². The van der Waals surface area contributed by atoms with Crippen LogP contribution in [0.4, 0.5) is 0 Å². The molecule has 0 heterocycles. The zero-order valence-corrected chi connectivity index (χ0v) is 11.2. The van der Waals surface area contributed by atoms with Crippen molar-refractivity contribution in [3.05, 3.63) is 28.2 Å². The van der Waals surface area contributed by atoms with Crippen LogP contribution in [-0.4, -0.2) is 22.4 Å². The van der Waals surface area contributed by atoms with Crippen LogP contribution in [0, 0.1) is 0 Å². The Bertz CT molecular complexity index is 350. The van der Waals surface area contributed by atoms with Gasteiger partial charge in [-0.3, -0.25) is 0 Å². The maximum atomic E-state index is 9.62. The van der Waals surface area contributed by atoms with Crippen molar-refractivity contribution in [3.8, 4) is 5.75 Å². The maximum absolute atomic E-state index is 9.62. The molecule has 90 valence electrons. The third-order valence-corrected chi connectivity index (χ3v) is 2.91. The number of ether oxygens (including phenoxy) is 1. The second kappa shape index (κ2) is 5.66. The van der Waals surface area contributed by atoms with Gasteiger partial charge in [0.1, 0.15) is 11.9 Å². The molecule has 0 aliphatic rings. The fraction of sp³-hybridized carbons (Fsp3) is 0.500.